The summed E-state index contributed by atoms with van der Waals surface area (Å²) in [5.41, 5.74) is 5.87. The van der Waals surface area contributed by atoms with E-state index >= 15 is 0 Å². The molecule has 2 aromatic rings. The van der Waals surface area contributed by atoms with Crippen molar-refractivity contribution < 1.29 is 14.6 Å². The van der Waals surface area contributed by atoms with E-state index in [2.05, 4.69) is 0 Å². The highest BCUT2D eigenvalue weighted by atomic mass is 16.5. The fourth-order valence-electron chi connectivity index (χ4n) is 1.96. The fraction of sp³-hybridized carbons (Fsp3) is 0.267. The molecule has 0 aliphatic heterocycles. The first-order valence-corrected chi connectivity index (χ1v) is 6.16. The van der Waals surface area contributed by atoms with E-state index in [4.69, 9.17) is 10.5 Å². The summed E-state index contributed by atoms with van der Waals surface area (Å²) in [5, 5.41) is 11.7. The minimum atomic E-state index is -0.747. The molecule has 100 valence electrons. The van der Waals surface area contributed by atoms with E-state index in [1.165, 1.54) is 0 Å². The number of aliphatic hydroxyl groups excluding tert-OH is 1. The first kappa shape index (κ1) is 13.4. The van der Waals surface area contributed by atoms with Crippen molar-refractivity contribution in [1.82, 2.24) is 0 Å². The molecule has 0 bridgehead atoms. The van der Waals surface area contributed by atoms with E-state index in [1.807, 2.05) is 30.3 Å². The molecule has 19 heavy (non-hydrogen) atoms. The molecule has 2 aromatic carbocycles. The SMILES string of the molecule is CC(Oc1c([C@H](C)O)ccc2ccccc12)C(N)=O. The molecule has 0 saturated heterocycles. The molecule has 4 nitrogen and oxygen atoms in total. The van der Waals surface area contributed by atoms with Gasteiger partial charge in [-0.1, -0.05) is 36.4 Å². The number of primary amides is 1. The van der Waals surface area contributed by atoms with Crippen LogP contribution in [0.1, 0.15) is 25.5 Å². The van der Waals surface area contributed by atoms with E-state index in [-0.39, 0.29) is 0 Å². The lowest BCUT2D eigenvalue weighted by Crippen LogP contribution is -2.31. The van der Waals surface area contributed by atoms with E-state index in [9.17, 15) is 9.90 Å². The zero-order valence-corrected chi connectivity index (χ0v) is 11.0. The van der Waals surface area contributed by atoms with Crippen molar-refractivity contribution in [2.45, 2.75) is 26.1 Å². The van der Waals surface area contributed by atoms with Gasteiger partial charge in [-0.2, -0.15) is 0 Å². The van der Waals surface area contributed by atoms with Crippen molar-refractivity contribution in [3.05, 3.63) is 42.0 Å². The van der Waals surface area contributed by atoms with Crippen LogP contribution >= 0.6 is 0 Å². The van der Waals surface area contributed by atoms with Crippen LogP contribution in [0.2, 0.25) is 0 Å². The average molecular weight is 259 g/mol. The third kappa shape index (κ3) is 2.69. The van der Waals surface area contributed by atoms with Gasteiger partial charge in [-0.25, -0.2) is 0 Å². The molecule has 0 radical (unpaired) electrons. The molecular formula is C15H17NO3. The molecule has 1 unspecified atom stereocenters. The van der Waals surface area contributed by atoms with Crippen molar-refractivity contribution in [2.75, 3.05) is 0 Å². The molecule has 0 aromatic heterocycles. The average Bonchev–Trinajstić information content (AvgIpc) is 2.38. The summed E-state index contributed by atoms with van der Waals surface area (Å²) in [4.78, 5) is 11.2. The molecule has 0 aliphatic carbocycles. The van der Waals surface area contributed by atoms with Crippen molar-refractivity contribution in [3.63, 3.8) is 0 Å². The Morgan fingerprint density at radius 3 is 2.53 bits per heavy atom. The number of aliphatic hydroxyl groups is 1. The predicted octanol–water partition coefficient (Wildman–Crippen LogP) is 2.15. The lowest BCUT2D eigenvalue weighted by atomic mass is 10.0. The molecule has 2 atom stereocenters. The quantitative estimate of drug-likeness (QED) is 0.883. The molecule has 0 spiro atoms. The van der Waals surface area contributed by atoms with Crippen molar-refractivity contribution >= 4 is 16.7 Å². The molecular weight excluding hydrogens is 242 g/mol. The first-order valence-electron chi connectivity index (χ1n) is 6.16. The fourth-order valence-corrected chi connectivity index (χ4v) is 1.96. The number of benzene rings is 2. The van der Waals surface area contributed by atoms with Crippen molar-refractivity contribution in [3.8, 4) is 5.75 Å². The van der Waals surface area contributed by atoms with Gasteiger partial charge < -0.3 is 15.6 Å². The number of nitrogens with two attached hydrogens (primary N) is 1. The Labute approximate surface area is 111 Å². The largest absolute Gasteiger partial charge is 0.480 e. The normalized spacial score (nSPS) is 14.1. The van der Waals surface area contributed by atoms with E-state index in [0.717, 1.165) is 10.8 Å². The summed E-state index contributed by atoms with van der Waals surface area (Å²) in [5.74, 6) is -0.0242. The summed E-state index contributed by atoms with van der Waals surface area (Å²) in [7, 11) is 0. The van der Waals surface area contributed by atoms with Crippen LogP contribution in [0.4, 0.5) is 0 Å². The Morgan fingerprint density at radius 2 is 1.89 bits per heavy atom. The van der Waals surface area contributed by atoms with Crippen LogP contribution in [0.5, 0.6) is 5.75 Å². The van der Waals surface area contributed by atoms with Crippen LogP contribution in [-0.2, 0) is 4.79 Å². The van der Waals surface area contributed by atoms with Crippen LogP contribution in [-0.4, -0.2) is 17.1 Å². The van der Waals surface area contributed by atoms with Gasteiger partial charge in [-0.15, -0.1) is 0 Å². The second kappa shape index (κ2) is 5.28. The lowest BCUT2D eigenvalue weighted by molar-refractivity contribution is -0.123. The monoisotopic (exact) mass is 259 g/mol. The summed E-state index contributed by atoms with van der Waals surface area (Å²) in [6.45, 7) is 3.25. The molecule has 1 amide bonds. The van der Waals surface area contributed by atoms with Crippen molar-refractivity contribution in [1.29, 1.82) is 0 Å². The number of amides is 1. The summed E-state index contributed by atoms with van der Waals surface area (Å²) < 4.78 is 5.65. The van der Waals surface area contributed by atoms with Crippen LogP contribution in [0.15, 0.2) is 36.4 Å². The van der Waals surface area contributed by atoms with E-state index < -0.39 is 18.1 Å². The molecule has 0 saturated carbocycles. The second-order valence-corrected chi connectivity index (χ2v) is 4.54. The highest BCUT2D eigenvalue weighted by molar-refractivity contribution is 5.90. The molecule has 4 heteroatoms. The Morgan fingerprint density at radius 1 is 1.21 bits per heavy atom. The zero-order valence-electron chi connectivity index (χ0n) is 11.0. The van der Waals surface area contributed by atoms with Gasteiger partial charge in [0.05, 0.1) is 6.10 Å². The smallest absolute Gasteiger partial charge is 0.258 e. The van der Waals surface area contributed by atoms with Gasteiger partial charge >= 0.3 is 0 Å². The van der Waals surface area contributed by atoms with Crippen LogP contribution in [0, 0.1) is 0 Å². The Bertz CT molecular complexity index is 607. The number of carbonyl (C=O) groups excluding carboxylic acids is 1. The number of ether oxygens (including phenoxy) is 1. The summed E-state index contributed by atoms with van der Waals surface area (Å²) in [6, 6.07) is 11.4. The Hall–Kier alpha value is -2.07. The van der Waals surface area contributed by atoms with Gasteiger partial charge in [0.2, 0.25) is 0 Å². The molecule has 3 N–H and O–H groups in total. The topological polar surface area (TPSA) is 72.6 Å². The minimum Gasteiger partial charge on any atom is -0.480 e. The minimum absolute atomic E-state index is 0.513. The van der Waals surface area contributed by atoms with E-state index in [1.54, 1.807) is 19.9 Å². The molecule has 0 aliphatic rings. The van der Waals surface area contributed by atoms with Gasteiger partial charge in [0.25, 0.3) is 5.91 Å². The van der Waals surface area contributed by atoms with Crippen LogP contribution < -0.4 is 10.5 Å². The maximum Gasteiger partial charge on any atom is 0.258 e. The van der Waals surface area contributed by atoms with Gasteiger partial charge in [0.15, 0.2) is 6.10 Å². The second-order valence-electron chi connectivity index (χ2n) is 4.54. The van der Waals surface area contributed by atoms with Gasteiger partial charge in [0.1, 0.15) is 5.75 Å². The van der Waals surface area contributed by atoms with Crippen molar-refractivity contribution in [2.24, 2.45) is 5.73 Å². The summed E-state index contributed by atoms with van der Waals surface area (Å²) in [6.07, 6.45) is -1.43. The molecule has 0 heterocycles. The predicted molar refractivity (Wildman–Crippen MR) is 73.9 cm³/mol. The first-order chi connectivity index (χ1) is 9.00. The third-order valence-corrected chi connectivity index (χ3v) is 3.06. The number of fused-ring (bicyclic) bond motifs is 1. The lowest BCUT2D eigenvalue weighted by Gasteiger charge is -2.18. The number of rotatable bonds is 4. The standard InChI is InChI=1S/C15H17NO3/c1-9(17)12-8-7-11-5-3-4-6-13(11)14(12)19-10(2)15(16)18/h3-10,17H,1-2H3,(H2,16,18)/t9-,10?/m0/s1. The highest BCUT2D eigenvalue weighted by Gasteiger charge is 2.17. The summed E-state index contributed by atoms with van der Waals surface area (Å²) >= 11 is 0. The number of hydrogen-bond donors (Lipinski definition) is 2. The number of hydrogen-bond acceptors (Lipinski definition) is 3. The Kier molecular flexibility index (Phi) is 3.71. The zero-order chi connectivity index (χ0) is 14.0. The maximum absolute atomic E-state index is 11.2. The van der Waals surface area contributed by atoms with Gasteiger partial charge in [-0.3, -0.25) is 4.79 Å². The number of carbonyl (C=O) groups is 1. The molecule has 2 rings (SSSR count). The Balaban J connectivity index is 2.59. The van der Waals surface area contributed by atoms with Crippen LogP contribution in [0.3, 0.4) is 0 Å². The molecule has 0 fully saturated rings. The van der Waals surface area contributed by atoms with Gasteiger partial charge in [0, 0.05) is 10.9 Å². The van der Waals surface area contributed by atoms with E-state index in [0.29, 0.717) is 11.3 Å². The van der Waals surface area contributed by atoms with Gasteiger partial charge in [-0.05, 0) is 19.2 Å². The highest BCUT2D eigenvalue weighted by Crippen LogP contribution is 2.34. The van der Waals surface area contributed by atoms with Crippen LogP contribution in [0.25, 0.3) is 10.8 Å². The maximum atomic E-state index is 11.2. The third-order valence-electron chi connectivity index (χ3n) is 3.06.